The van der Waals surface area contributed by atoms with Gasteiger partial charge in [0.2, 0.25) is 5.91 Å². The smallest absolute Gasteiger partial charge is 0.306 e. The highest BCUT2D eigenvalue weighted by atomic mass is 16.5. The zero-order valence-corrected chi connectivity index (χ0v) is 42.9. The van der Waals surface area contributed by atoms with Crippen LogP contribution in [0.25, 0.3) is 0 Å². The lowest BCUT2D eigenvalue weighted by molar-refractivity contribution is -0.151. The van der Waals surface area contributed by atoms with Crippen molar-refractivity contribution in [2.45, 2.75) is 315 Å². The van der Waals surface area contributed by atoms with Crippen LogP contribution < -0.4 is 5.32 Å². The summed E-state index contributed by atoms with van der Waals surface area (Å²) in [6.45, 7) is 6.48. The molecule has 0 spiro atoms. The number of ether oxygens (including phenoxy) is 1. The van der Waals surface area contributed by atoms with Gasteiger partial charge in [-0.3, -0.25) is 9.59 Å². The van der Waals surface area contributed by atoms with Crippen molar-refractivity contribution in [2.24, 2.45) is 0 Å². The lowest BCUT2D eigenvalue weighted by Gasteiger charge is -2.24. The molecule has 3 atom stereocenters. The number of aliphatic hydroxyl groups excluding tert-OH is 2. The number of aliphatic hydroxyl groups is 2. The average Bonchev–Trinajstić information content (AvgIpc) is 3.29. The number of carbonyl (C=O) groups excluding carboxylic acids is 2. The lowest BCUT2D eigenvalue weighted by Crippen LogP contribution is -2.46. The Bertz CT molecular complexity index is 1060. The standard InChI is InChI=1S/C58H109NO5/c1-4-7-10-13-16-19-22-25-28-29-30-33-36-39-42-45-48-51-58(63)64-54(49-46-43-40-37-34-31-26-23-20-17-14-11-8-5-2)52-57(62)59-55(53-60)56(61)50-47-44-41-38-35-32-27-24-21-18-15-12-9-6-3/h16,19,25,28,31,34,54-56,60-61H,4-15,17-18,20-24,26-27,29-30,32-33,35-53H2,1-3H3,(H,59,62)/b19-16-,28-25-,34-31+. The van der Waals surface area contributed by atoms with Crippen molar-refractivity contribution in [3.8, 4) is 0 Å². The van der Waals surface area contributed by atoms with E-state index in [0.717, 1.165) is 70.6 Å². The van der Waals surface area contributed by atoms with Crippen molar-refractivity contribution in [3.05, 3.63) is 36.5 Å². The molecule has 0 fully saturated rings. The molecule has 64 heavy (non-hydrogen) atoms. The number of hydrogen-bond donors (Lipinski definition) is 3. The number of hydrogen-bond acceptors (Lipinski definition) is 5. The Hall–Kier alpha value is -1.92. The second-order valence-corrected chi connectivity index (χ2v) is 19.3. The summed E-state index contributed by atoms with van der Waals surface area (Å²) in [5, 5.41) is 23.8. The number of rotatable bonds is 51. The van der Waals surface area contributed by atoms with E-state index >= 15 is 0 Å². The molecule has 6 nitrogen and oxygen atoms in total. The van der Waals surface area contributed by atoms with Crippen molar-refractivity contribution in [3.63, 3.8) is 0 Å². The fourth-order valence-corrected chi connectivity index (χ4v) is 8.63. The van der Waals surface area contributed by atoms with Gasteiger partial charge in [0.25, 0.3) is 0 Å². The normalized spacial score (nSPS) is 13.4. The van der Waals surface area contributed by atoms with Crippen molar-refractivity contribution >= 4 is 11.9 Å². The number of unbranched alkanes of at least 4 members (excludes halogenated alkanes) is 33. The van der Waals surface area contributed by atoms with E-state index in [1.165, 1.54) is 180 Å². The Labute approximate surface area is 398 Å². The molecule has 0 rings (SSSR count). The van der Waals surface area contributed by atoms with Crippen LogP contribution >= 0.6 is 0 Å². The van der Waals surface area contributed by atoms with Gasteiger partial charge in [0.1, 0.15) is 6.10 Å². The summed E-state index contributed by atoms with van der Waals surface area (Å²) in [6.07, 6.45) is 62.0. The summed E-state index contributed by atoms with van der Waals surface area (Å²) >= 11 is 0. The molecule has 0 aliphatic rings. The molecular weight excluding hydrogens is 791 g/mol. The van der Waals surface area contributed by atoms with Gasteiger partial charge in [-0.15, -0.1) is 0 Å². The molecule has 0 aromatic heterocycles. The van der Waals surface area contributed by atoms with Gasteiger partial charge in [-0.2, -0.15) is 0 Å². The van der Waals surface area contributed by atoms with Gasteiger partial charge in [0.15, 0.2) is 0 Å². The second kappa shape index (κ2) is 52.1. The van der Waals surface area contributed by atoms with Crippen molar-refractivity contribution < 1.29 is 24.5 Å². The van der Waals surface area contributed by atoms with Crippen molar-refractivity contribution in [1.29, 1.82) is 0 Å². The number of esters is 1. The number of carbonyl (C=O) groups is 2. The van der Waals surface area contributed by atoms with E-state index in [-0.39, 0.29) is 24.9 Å². The van der Waals surface area contributed by atoms with E-state index in [4.69, 9.17) is 4.74 Å². The average molecular weight is 901 g/mol. The summed E-state index contributed by atoms with van der Waals surface area (Å²) in [5.74, 6) is -0.486. The Morgan fingerprint density at radius 3 is 1.25 bits per heavy atom. The molecule has 6 heteroatoms. The molecule has 3 unspecified atom stereocenters. The van der Waals surface area contributed by atoms with E-state index < -0.39 is 18.2 Å². The Morgan fingerprint density at radius 2 is 0.797 bits per heavy atom. The third-order valence-corrected chi connectivity index (χ3v) is 12.9. The molecule has 1 amide bonds. The third kappa shape index (κ3) is 46.6. The van der Waals surface area contributed by atoms with E-state index in [2.05, 4.69) is 62.5 Å². The molecule has 0 aliphatic carbocycles. The lowest BCUT2D eigenvalue weighted by atomic mass is 10.0. The maximum atomic E-state index is 13.2. The monoisotopic (exact) mass is 900 g/mol. The first-order valence-corrected chi connectivity index (χ1v) is 28.2. The summed E-state index contributed by atoms with van der Waals surface area (Å²) in [4.78, 5) is 26.2. The van der Waals surface area contributed by atoms with Crippen LogP contribution in [0.4, 0.5) is 0 Å². The molecule has 0 radical (unpaired) electrons. The maximum Gasteiger partial charge on any atom is 0.306 e. The minimum atomic E-state index is -0.791. The Balaban J connectivity index is 4.56. The van der Waals surface area contributed by atoms with E-state index in [1.807, 2.05) is 0 Å². The highest BCUT2D eigenvalue weighted by Gasteiger charge is 2.24. The first-order chi connectivity index (χ1) is 31.5. The summed E-state index contributed by atoms with van der Waals surface area (Å²) < 4.78 is 5.95. The van der Waals surface area contributed by atoms with Crippen LogP contribution in [0.15, 0.2) is 36.5 Å². The molecule has 0 aromatic rings. The highest BCUT2D eigenvalue weighted by Crippen LogP contribution is 2.18. The van der Waals surface area contributed by atoms with Crippen molar-refractivity contribution in [2.75, 3.05) is 6.61 Å². The van der Waals surface area contributed by atoms with Crippen LogP contribution in [0.1, 0.15) is 297 Å². The van der Waals surface area contributed by atoms with Crippen LogP contribution in [0.3, 0.4) is 0 Å². The molecule has 0 aromatic carbocycles. The molecule has 0 saturated carbocycles. The quantitative estimate of drug-likeness (QED) is 0.0321. The first-order valence-electron chi connectivity index (χ1n) is 28.2. The van der Waals surface area contributed by atoms with Crippen LogP contribution in [0.2, 0.25) is 0 Å². The van der Waals surface area contributed by atoms with Crippen LogP contribution in [0.5, 0.6) is 0 Å². The van der Waals surface area contributed by atoms with E-state index in [0.29, 0.717) is 19.3 Å². The molecule has 376 valence electrons. The van der Waals surface area contributed by atoms with E-state index in [1.54, 1.807) is 0 Å². The number of amides is 1. The van der Waals surface area contributed by atoms with Gasteiger partial charge in [0, 0.05) is 6.42 Å². The Kier molecular flexibility index (Phi) is 50.5. The molecule has 0 aliphatic heterocycles. The van der Waals surface area contributed by atoms with Gasteiger partial charge < -0.3 is 20.3 Å². The largest absolute Gasteiger partial charge is 0.462 e. The van der Waals surface area contributed by atoms with Crippen molar-refractivity contribution in [1.82, 2.24) is 5.32 Å². The molecular formula is C58H109NO5. The predicted octanol–water partition coefficient (Wildman–Crippen LogP) is 17.2. The van der Waals surface area contributed by atoms with Gasteiger partial charge in [-0.05, 0) is 83.5 Å². The fraction of sp³-hybridized carbons (Fsp3) is 0.862. The maximum absolute atomic E-state index is 13.2. The highest BCUT2D eigenvalue weighted by molar-refractivity contribution is 5.77. The summed E-state index contributed by atoms with van der Waals surface area (Å²) in [5.41, 5.74) is 0. The summed E-state index contributed by atoms with van der Waals surface area (Å²) in [7, 11) is 0. The van der Waals surface area contributed by atoms with Gasteiger partial charge in [-0.1, -0.05) is 237 Å². The minimum absolute atomic E-state index is 0.0666. The van der Waals surface area contributed by atoms with Crippen LogP contribution in [0, 0.1) is 0 Å². The third-order valence-electron chi connectivity index (χ3n) is 12.9. The predicted molar refractivity (Wildman–Crippen MR) is 278 cm³/mol. The minimum Gasteiger partial charge on any atom is -0.462 e. The second-order valence-electron chi connectivity index (χ2n) is 19.3. The Morgan fingerprint density at radius 1 is 0.453 bits per heavy atom. The van der Waals surface area contributed by atoms with Crippen LogP contribution in [-0.4, -0.2) is 46.9 Å². The molecule has 0 heterocycles. The molecule has 3 N–H and O–H groups in total. The van der Waals surface area contributed by atoms with Crippen LogP contribution in [-0.2, 0) is 14.3 Å². The van der Waals surface area contributed by atoms with Gasteiger partial charge in [-0.25, -0.2) is 0 Å². The molecule has 0 saturated heterocycles. The van der Waals surface area contributed by atoms with Gasteiger partial charge in [0.05, 0.1) is 25.2 Å². The van der Waals surface area contributed by atoms with Gasteiger partial charge >= 0.3 is 5.97 Å². The number of allylic oxidation sites excluding steroid dienone is 6. The zero-order chi connectivity index (χ0) is 46.7. The SMILES string of the molecule is CCCCC/C=C\C/C=C\CCCCCCCCCC(=O)OC(CCCCC/C=C/CCCCCCCCC)CC(=O)NC(CO)C(O)CCCCCCCCCCCCCCCC. The molecule has 0 bridgehead atoms. The van der Waals surface area contributed by atoms with E-state index in [9.17, 15) is 19.8 Å². The topological polar surface area (TPSA) is 95.9 Å². The fourth-order valence-electron chi connectivity index (χ4n) is 8.63. The zero-order valence-electron chi connectivity index (χ0n) is 42.9. The summed E-state index contributed by atoms with van der Waals surface area (Å²) in [6, 6.07) is -0.706. The number of nitrogens with one attached hydrogen (secondary N) is 1. The first kappa shape index (κ1) is 62.1.